The largest absolute Gasteiger partial charge is 0.453 e. The summed E-state index contributed by atoms with van der Waals surface area (Å²) in [5.41, 5.74) is 4.21. The summed E-state index contributed by atoms with van der Waals surface area (Å²) in [6.45, 7) is 24.4. The lowest BCUT2D eigenvalue weighted by Gasteiger charge is -2.37. The molecule has 1 aliphatic heterocycles. The number of hydrogen-bond donors (Lipinski definition) is 0. The van der Waals surface area contributed by atoms with Crippen molar-refractivity contribution in [1.29, 1.82) is 5.26 Å². The zero-order valence-electron chi connectivity index (χ0n) is 19.0. The molecule has 3 aromatic rings. The number of nitriles is 1. The second kappa shape index (κ2) is 6.86. The van der Waals surface area contributed by atoms with Crippen molar-refractivity contribution >= 4 is 28.4 Å². The molecule has 0 bridgehead atoms. The van der Waals surface area contributed by atoms with Crippen LogP contribution in [-0.2, 0) is 10.8 Å². The molecule has 0 saturated heterocycles. The Morgan fingerprint density at radius 3 is 1.88 bits per heavy atom. The third-order valence-corrected chi connectivity index (χ3v) is 6.65. The van der Waals surface area contributed by atoms with E-state index in [9.17, 15) is 5.26 Å². The van der Waals surface area contributed by atoms with Crippen LogP contribution in [-0.4, -0.2) is 0 Å². The summed E-state index contributed by atoms with van der Waals surface area (Å²) >= 11 is 0. The molecule has 3 aromatic carbocycles. The van der Waals surface area contributed by atoms with Gasteiger partial charge in [0.2, 0.25) is 5.69 Å². The average molecular weight is 431 g/mol. The van der Waals surface area contributed by atoms with Gasteiger partial charge < -0.3 is 9.64 Å². The SMILES string of the molecule is [C-]#[N+]c1c(C#N)c(N2c3ccccc3Oc3ccccc32)c2c(c1[N+]#[C-])C(C)(C)CC2(C)C. The van der Waals surface area contributed by atoms with Crippen LogP contribution in [0.15, 0.2) is 48.5 Å². The van der Waals surface area contributed by atoms with Crippen molar-refractivity contribution in [2.24, 2.45) is 0 Å². The number of rotatable bonds is 1. The highest BCUT2D eigenvalue weighted by Crippen LogP contribution is 2.63. The van der Waals surface area contributed by atoms with Gasteiger partial charge in [-0.15, -0.1) is 0 Å². The van der Waals surface area contributed by atoms with Crippen molar-refractivity contribution in [1.82, 2.24) is 0 Å². The van der Waals surface area contributed by atoms with Crippen molar-refractivity contribution in [2.75, 3.05) is 4.90 Å². The summed E-state index contributed by atoms with van der Waals surface area (Å²) in [6, 6.07) is 17.8. The van der Waals surface area contributed by atoms with Gasteiger partial charge in [-0.2, -0.15) is 5.26 Å². The van der Waals surface area contributed by atoms with E-state index >= 15 is 0 Å². The maximum Gasteiger partial charge on any atom is 0.214 e. The Labute approximate surface area is 194 Å². The molecule has 0 fully saturated rings. The standard InChI is InChI=1S/C28H22N4O/c1-27(2)16-28(3,4)23-22(27)25(31-6)24(30-5)17(15-29)26(23)32-18-11-7-9-13-20(18)33-21-14-10-8-12-19(21)32/h7-14H,16H2,1-4H3. The monoisotopic (exact) mass is 430 g/mol. The quantitative estimate of drug-likeness (QED) is 0.286. The molecule has 160 valence electrons. The minimum atomic E-state index is -0.313. The molecule has 0 N–H and O–H groups in total. The normalized spacial score (nSPS) is 16.3. The minimum Gasteiger partial charge on any atom is -0.453 e. The van der Waals surface area contributed by atoms with Crippen molar-refractivity contribution in [3.63, 3.8) is 0 Å². The van der Waals surface area contributed by atoms with E-state index in [2.05, 4.69) is 48.4 Å². The fraction of sp³-hybridized carbons (Fsp3) is 0.250. The van der Waals surface area contributed by atoms with Crippen molar-refractivity contribution in [3.8, 4) is 17.6 Å². The summed E-state index contributed by atoms with van der Waals surface area (Å²) in [7, 11) is 0. The predicted octanol–water partition coefficient (Wildman–Crippen LogP) is 8.19. The highest BCUT2D eigenvalue weighted by Gasteiger charge is 2.48. The summed E-state index contributed by atoms with van der Waals surface area (Å²) < 4.78 is 6.18. The molecular formula is C28H22N4O. The molecule has 0 radical (unpaired) electrons. The van der Waals surface area contributed by atoms with Gasteiger partial charge in [0.15, 0.2) is 17.2 Å². The van der Waals surface area contributed by atoms with Gasteiger partial charge >= 0.3 is 0 Å². The van der Waals surface area contributed by atoms with Gasteiger partial charge in [-0.1, -0.05) is 52.0 Å². The van der Waals surface area contributed by atoms with Crippen LogP contribution in [0.1, 0.15) is 50.8 Å². The molecule has 0 unspecified atom stereocenters. The molecule has 1 aliphatic carbocycles. The van der Waals surface area contributed by atoms with Crippen LogP contribution in [0, 0.1) is 24.5 Å². The predicted molar refractivity (Wildman–Crippen MR) is 129 cm³/mol. The van der Waals surface area contributed by atoms with E-state index in [1.807, 2.05) is 48.5 Å². The number of nitrogens with zero attached hydrogens (tertiary/aromatic N) is 4. The number of fused-ring (bicyclic) bond motifs is 3. The maximum atomic E-state index is 10.4. The molecule has 0 spiro atoms. The smallest absolute Gasteiger partial charge is 0.214 e. The third-order valence-electron chi connectivity index (χ3n) is 6.65. The van der Waals surface area contributed by atoms with E-state index in [-0.39, 0.29) is 22.1 Å². The van der Waals surface area contributed by atoms with Crippen LogP contribution in [0.5, 0.6) is 11.5 Å². The molecule has 5 rings (SSSR count). The summed E-state index contributed by atoms with van der Waals surface area (Å²) in [5.74, 6) is 1.37. The molecule has 0 atom stereocenters. The summed E-state index contributed by atoms with van der Waals surface area (Å²) in [6.07, 6.45) is 0.810. The number of ether oxygens (including phenoxy) is 1. The zero-order valence-corrected chi connectivity index (χ0v) is 19.0. The van der Waals surface area contributed by atoms with E-state index in [0.29, 0.717) is 22.9 Å². The highest BCUT2D eigenvalue weighted by molar-refractivity contribution is 5.98. The van der Waals surface area contributed by atoms with E-state index < -0.39 is 0 Å². The topological polar surface area (TPSA) is 45.0 Å². The van der Waals surface area contributed by atoms with Crippen LogP contribution in [0.4, 0.5) is 28.4 Å². The number of hydrogen-bond acceptors (Lipinski definition) is 3. The van der Waals surface area contributed by atoms with Crippen LogP contribution in [0.3, 0.4) is 0 Å². The summed E-state index contributed by atoms with van der Waals surface area (Å²) in [5, 5.41) is 10.4. The van der Waals surface area contributed by atoms with Crippen molar-refractivity contribution < 1.29 is 4.74 Å². The van der Waals surface area contributed by atoms with Gasteiger partial charge in [-0.3, -0.25) is 0 Å². The lowest BCUT2D eigenvalue weighted by Crippen LogP contribution is -2.23. The van der Waals surface area contributed by atoms with Crippen molar-refractivity contribution in [2.45, 2.75) is 44.9 Å². The second-order valence-electron chi connectivity index (χ2n) is 9.82. The van der Waals surface area contributed by atoms with Crippen LogP contribution < -0.4 is 9.64 Å². The Morgan fingerprint density at radius 2 is 1.36 bits per heavy atom. The molecule has 0 amide bonds. The molecule has 1 heterocycles. The number of para-hydroxylation sites is 4. The lowest BCUT2D eigenvalue weighted by molar-refractivity contribution is 0.404. The number of anilines is 3. The van der Waals surface area contributed by atoms with Gasteiger partial charge in [0, 0.05) is 0 Å². The molecular weight excluding hydrogens is 408 g/mol. The Bertz CT molecular complexity index is 1420. The van der Waals surface area contributed by atoms with Crippen molar-refractivity contribution in [3.05, 3.63) is 88.1 Å². The van der Waals surface area contributed by atoms with Gasteiger partial charge in [-0.05, 0) is 52.6 Å². The Balaban J connectivity index is 2.01. The molecule has 2 aliphatic rings. The fourth-order valence-corrected chi connectivity index (χ4v) is 5.80. The van der Waals surface area contributed by atoms with E-state index in [4.69, 9.17) is 17.9 Å². The maximum absolute atomic E-state index is 10.4. The first-order valence-electron chi connectivity index (χ1n) is 10.8. The van der Waals surface area contributed by atoms with E-state index in [1.54, 1.807) is 0 Å². The first-order chi connectivity index (χ1) is 15.7. The van der Waals surface area contributed by atoms with Crippen LogP contribution in [0.25, 0.3) is 9.69 Å². The minimum absolute atomic E-state index is 0.133. The Morgan fingerprint density at radius 1 is 0.848 bits per heavy atom. The second-order valence-corrected chi connectivity index (χ2v) is 9.82. The van der Waals surface area contributed by atoms with Crippen LogP contribution in [0.2, 0.25) is 0 Å². The fourth-order valence-electron chi connectivity index (χ4n) is 5.80. The summed E-state index contributed by atoms with van der Waals surface area (Å²) in [4.78, 5) is 9.58. The lowest BCUT2D eigenvalue weighted by atomic mass is 9.81. The number of benzene rings is 3. The van der Waals surface area contributed by atoms with E-state index in [0.717, 1.165) is 28.9 Å². The first-order valence-corrected chi connectivity index (χ1v) is 10.8. The molecule has 0 saturated carbocycles. The van der Waals surface area contributed by atoms with Gasteiger partial charge in [-0.25, -0.2) is 9.69 Å². The van der Waals surface area contributed by atoms with Gasteiger partial charge in [0.05, 0.1) is 41.8 Å². The van der Waals surface area contributed by atoms with Crippen LogP contribution >= 0.6 is 0 Å². The van der Waals surface area contributed by atoms with E-state index in [1.165, 1.54) is 0 Å². The first kappa shape index (κ1) is 20.6. The third kappa shape index (κ3) is 2.75. The molecule has 5 heteroatoms. The van der Waals surface area contributed by atoms with Gasteiger partial charge in [0.1, 0.15) is 0 Å². The molecule has 33 heavy (non-hydrogen) atoms. The Hall–Kier alpha value is -4.27. The highest BCUT2D eigenvalue weighted by atomic mass is 16.5. The van der Waals surface area contributed by atoms with Gasteiger partial charge in [0.25, 0.3) is 0 Å². The molecule has 5 nitrogen and oxygen atoms in total. The zero-order chi connectivity index (χ0) is 23.5. The average Bonchev–Trinajstić information content (AvgIpc) is 2.99. The Kier molecular flexibility index (Phi) is 4.29. The molecule has 0 aromatic heterocycles.